The molecule has 0 aromatic heterocycles. The molecule has 2 nitrogen and oxygen atoms in total. The first-order valence-corrected chi connectivity index (χ1v) is 22.3. The molecule has 4 heteroatoms. The van der Waals surface area contributed by atoms with E-state index in [2.05, 4.69) is 189 Å². The Balaban J connectivity index is 1.25. The molecule has 0 amide bonds. The summed E-state index contributed by atoms with van der Waals surface area (Å²) in [6, 6.07) is 59.6. The van der Waals surface area contributed by atoms with Crippen LogP contribution in [-0.2, 0) is 5.41 Å². The molecular formula is C50H43FN2Si. The highest BCUT2D eigenvalue weighted by Gasteiger charge is 2.39. The molecule has 0 radical (unpaired) electrons. The summed E-state index contributed by atoms with van der Waals surface area (Å²) in [4.78, 5) is 4.50. The molecule has 8 aromatic carbocycles. The van der Waals surface area contributed by atoms with Crippen LogP contribution in [0.5, 0.6) is 0 Å². The number of halogens is 1. The van der Waals surface area contributed by atoms with Gasteiger partial charge in [-0.1, -0.05) is 148 Å². The Morgan fingerprint density at radius 2 is 1.06 bits per heavy atom. The second-order valence-electron chi connectivity index (χ2n) is 16.0. The van der Waals surface area contributed by atoms with Gasteiger partial charge in [0, 0.05) is 33.2 Å². The van der Waals surface area contributed by atoms with Crippen LogP contribution in [0, 0.1) is 5.82 Å². The highest BCUT2D eigenvalue weighted by atomic mass is 28.3. The van der Waals surface area contributed by atoms with Crippen LogP contribution < -0.4 is 15.0 Å². The lowest BCUT2D eigenvalue weighted by molar-refractivity contribution is 0.629. The zero-order valence-electron chi connectivity index (χ0n) is 31.4. The second-order valence-corrected chi connectivity index (χ2v) is 21.0. The van der Waals surface area contributed by atoms with Crippen LogP contribution in [0.25, 0.3) is 32.7 Å². The Bertz CT molecular complexity index is 2690. The predicted octanol–water partition coefficient (Wildman–Crippen LogP) is 13.9. The fourth-order valence-electron chi connectivity index (χ4n) is 8.43. The number of hydrogen-bond acceptors (Lipinski definition) is 2. The van der Waals surface area contributed by atoms with Crippen molar-refractivity contribution < 1.29 is 4.39 Å². The van der Waals surface area contributed by atoms with Crippen LogP contribution >= 0.6 is 0 Å². The van der Waals surface area contributed by atoms with Crippen molar-refractivity contribution >= 4 is 68.9 Å². The van der Waals surface area contributed by atoms with Crippen LogP contribution in [0.4, 0.5) is 38.5 Å². The fourth-order valence-corrected chi connectivity index (χ4v) is 9.60. The van der Waals surface area contributed by atoms with Gasteiger partial charge in [0.1, 0.15) is 5.82 Å². The topological polar surface area (TPSA) is 6.48 Å². The van der Waals surface area contributed by atoms with Gasteiger partial charge in [-0.3, -0.25) is 0 Å². The van der Waals surface area contributed by atoms with Crippen molar-refractivity contribution in [2.45, 2.75) is 38.9 Å². The number of nitrogens with zero attached hydrogens (tertiary/aromatic N) is 2. The SMILES string of the molecule is CC1(C)c2cc(N(c3ccccc3F)c3cccc4ccccc34)ccc2-c2c1cc(N(c1ccccc1)c1ccc([Si](C)(C)C)cc1)c1ccccc21. The van der Waals surface area contributed by atoms with Crippen LogP contribution in [0.15, 0.2) is 170 Å². The Morgan fingerprint density at radius 3 is 1.80 bits per heavy atom. The van der Waals surface area contributed by atoms with Gasteiger partial charge >= 0.3 is 0 Å². The van der Waals surface area contributed by atoms with Gasteiger partial charge in [-0.15, -0.1) is 0 Å². The third kappa shape index (κ3) is 5.52. The molecule has 8 aromatic rings. The first-order valence-electron chi connectivity index (χ1n) is 18.8. The Kier molecular flexibility index (Phi) is 8.06. The minimum Gasteiger partial charge on any atom is -0.310 e. The van der Waals surface area contributed by atoms with E-state index in [9.17, 15) is 0 Å². The summed E-state index contributed by atoms with van der Waals surface area (Å²) in [5.41, 5.74) is 10.5. The normalized spacial score (nSPS) is 13.1. The van der Waals surface area contributed by atoms with Crippen molar-refractivity contribution in [3.63, 3.8) is 0 Å². The number of para-hydroxylation sites is 2. The molecule has 1 aliphatic rings. The smallest absolute Gasteiger partial charge is 0.147 e. The van der Waals surface area contributed by atoms with Crippen LogP contribution in [-0.4, -0.2) is 8.07 Å². The Morgan fingerprint density at radius 1 is 0.463 bits per heavy atom. The summed E-state index contributed by atoms with van der Waals surface area (Å²) in [6.45, 7) is 11.9. The predicted molar refractivity (Wildman–Crippen MR) is 231 cm³/mol. The van der Waals surface area contributed by atoms with E-state index in [1.54, 1.807) is 12.1 Å². The quantitative estimate of drug-likeness (QED) is 0.151. The van der Waals surface area contributed by atoms with E-state index in [4.69, 9.17) is 0 Å². The minimum absolute atomic E-state index is 0.261. The monoisotopic (exact) mass is 718 g/mol. The molecule has 0 atom stereocenters. The van der Waals surface area contributed by atoms with Gasteiger partial charge in [0.05, 0.1) is 25.1 Å². The van der Waals surface area contributed by atoms with Crippen LogP contribution in [0.1, 0.15) is 25.0 Å². The van der Waals surface area contributed by atoms with Gasteiger partial charge in [0.15, 0.2) is 0 Å². The Hall–Kier alpha value is -5.97. The fraction of sp³-hybridized carbons (Fsp3) is 0.120. The summed E-state index contributed by atoms with van der Waals surface area (Å²) in [6.07, 6.45) is 0. The molecule has 0 bridgehead atoms. The summed E-state index contributed by atoms with van der Waals surface area (Å²) in [7, 11) is -1.48. The molecule has 0 aliphatic heterocycles. The highest BCUT2D eigenvalue weighted by Crippen LogP contribution is 2.56. The van der Waals surface area contributed by atoms with Crippen molar-refractivity contribution in [2.75, 3.05) is 9.80 Å². The van der Waals surface area contributed by atoms with E-state index in [1.165, 1.54) is 38.2 Å². The zero-order valence-corrected chi connectivity index (χ0v) is 32.4. The average molecular weight is 719 g/mol. The van der Waals surface area contributed by atoms with E-state index in [-0.39, 0.29) is 11.2 Å². The highest BCUT2D eigenvalue weighted by molar-refractivity contribution is 6.88. The van der Waals surface area contributed by atoms with E-state index >= 15 is 4.39 Å². The van der Waals surface area contributed by atoms with Gasteiger partial charge in [-0.25, -0.2) is 4.39 Å². The summed E-state index contributed by atoms with van der Waals surface area (Å²) in [5, 5.41) is 6.05. The lowest BCUT2D eigenvalue weighted by atomic mass is 9.81. The van der Waals surface area contributed by atoms with Gasteiger partial charge in [-0.2, -0.15) is 0 Å². The lowest BCUT2D eigenvalue weighted by Gasteiger charge is -2.30. The third-order valence-corrected chi connectivity index (χ3v) is 13.3. The van der Waals surface area contributed by atoms with Gasteiger partial charge in [0.25, 0.3) is 0 Å². The van der Waals surface area contributed by atoms with Crippen LogP contribution in [0.3, 0.4) is 0 Å². The zero-order chi connectivity index (χ0) is 37.2. The molecule has 0 N–H and O–H groups in total. The molecule has 264 valence electrons. The number of hydrogen-bond donors (Lipinski definition) is 0. The second kappa shape index (κ2) is 12.9. The maximum Gasteiger partial charge on any atom is 0.147 e. The van der Waals surface area contributed by atoms with Crippen molar-refractivity contribution in [1.82, 2.24) is 0 Å². The van der Waals surface area contributed by atoms with Gasteiger partial charge in [-0.05, 0) is 93.7 Å². The maximum absolute atomic E-state index is 15.9. The molecule has 0 saturated heterocycles. The standard InChI is InChI=1S/C50H43FN2Si/c1-50(2)43-32-37(53(47-24-14-13-23-45(47)51)46-25-15-17-34-16-9-10-20-39(34)46)28-31-42(43)49-41-22-12-11-21-40(41)48(33-44(49)50)52(35-18-7-6-8-19-35)36-26-29-38(30-27-36)54(3,4)5/h6-33H,1-5H3. The van der Waals surface area contributed by atoms with Gasteiger partial charge in [0.2, 0.25) is 0 Å². The van der Waals surface area contributed by atoms with Crippen molar-refractivity contribution in [1.29, 1.82) is 0 Å². The molecule has 0 unspecified atom stereocenters. The molecule has 0 spiro atoms. The lowest BCUT2D eigenvalue weighted by Crippen LogP contribution is -2.37. The van der Waals surface area contributed by atoms with E-state index in [1.807, 2.05) is 12.1 Å². The average Bonchev–Trinajstić information content (AvgIpc) is 3.41. The molecule has 0 heterocycles. The molecular weight excluding hydrogens is 676 g/mol. The number of anilines is 6. The van der Waals surface area contributed by atoms with Crippen molar-refractivity contribution in [3.05, 3.63) is 187 Å². The third-order valence-electron chi connectivity index (χ3n) is 11.2. The van der Waals surface area contributed by atoms with Crippen molar-refractivity contribution in [3.8, 4) is 11.1 Å². The maximum atomic E-state index is 15.9. The molecule has 0 saturated carbocycles. The summed E-state index contributed by atoms with van der Waals surface area (Å²) < 4.78 is 15.9. The number of rotatable bonds is 7. The van der Waals surface area contributed by atoms with E-state index in [0.29, 0.717) is 5.69 Å². The van der Waals surface area contributed by atoms with E-state index in [0.717, 1.165) is 39.2 Å². The minimum atomic E-state index is -1.48. The first kappa shape index (κ1) is 33.8. The number of benzene rings is 8. The number of fused-ring (bicyclic) bond motifs is 6. The molecule has 9 rings (SSSR count). The molecule has 1 aliphatic carbocycles. The van der Waals surface area contributed by atoms with Crippen molar-refractivity contribution in [2.24, 2.45) is 0 Å². The van der Waals surface area contributed by atoms with Crippen LogP contribution in [0.2, 0.25) is 19.6 Å². The Labute approximate surface area is 318 Å². The summed E-state index contributed by atoms with van der Waals surface area (Å²) in [5.74, 6) is -0.261. The summed E-state index contributed by atoms with van der Waals surface area (Å²) >= 11 is 0. The molecule has 0 fully saturated rings. The largest absolute Gasteiger partial charge is 0.310 e. The first-order chi connectivity index (χ1) is 26.1. The molecule has 54 heavy (non-hydrogen) atoms. The van der Waals surface area contributed by atoms with Gasteiger partial charge < -0.3 is 9.80 Å². The van der Waals surface area contributed by atoms with E-state index < -0.39 is 8.07 Å².